The third kappa shape index (κ3) is 3.60. The van der Waals surface area contributed by atoms with Crippen LogP contribution >= 0.6 is 11.8 Å². The molecule has 100 valence electrons. The Bertz CT molecular complexity index is 383. The monoisotopic (exact) mass is 269 g/mol. The lowest BCUT2D eigenvalue weighted by Crippen LogP contribution is -2.32. The van der Waals surface area contributed by atoms with Crippen molar-refractivity contribution in [3.63, 3.8) is 0 Å². The van der Waals surface area contributed by atoms with E-state index in [1.54, 1.807) is 0 Å². The maximum absolute atomic E-state index is 10.6. The summed E-state index contributed by atoms with van der Waals surface area (Å²) in [6.45, 7) is 5.13. The molecule has 1 aromatic heterocycles. The Morgan fingerprint density at radius 3 is 2.44 bits per heavy atom. The molecule has 0 spiro atoms. The third-order valence-corrected chi connectivity index (χ3v) is 4.77. The van der Waals surface area contributed by atoms with Gasteiger partial charge in [-0.1, -0.05) is 13.8 Å². The number of aromatic nitrogens is 2. The number of carboxylic acid groups (broad SMARTS) is 1. The van der Waals surface area contributed by atoms with Gasteiger partial charge in [-0.2, -0.15) is 11.8 Å². The first-order valence-electron chi connectivity index (χ1n) is 5.91. The van der Waals surface area contributed by atoms with E-state index in [2.05, 4.69) is 35.4 Å². The molecular formula is C12H19N3O2S. The molecule has 0 aromatic carbocycles. The summed E-state index contributed by atoms with van der Waals surface area (Å²) >= 11 is 1.84. The van der Waals surface area contributed by atoms with Gasteiger partial charge in [0.15, 0.2) is 5.69 Å². The molecule has 0 aliphatic heterocycles. The third-order valence-electron chi connectivity index (χ3n) is 3.18. The Morgan fingerprint density at radius 2 is 2.06 bits per heavy atom. The summed E-state index contributed by atoms with van der Waals surface area (Å²) in [5.74, 6) is -0.449. The Hall–Kier alpha value is -1.30. The minimum Gasteiger partial charge on any atom is -0.476 e. The second-order valence-electron chi connectivity index (χ2n) is 4.04. The normalized spacial score (nSPS) is 11.3. The first-order valence-corrected chi connectivity index (χ1v) is 7.13. The Morgan fingerprint density at radius 1 is 1.39 bits per heavy atom. The van der Waals surface area contributed by atoms with E-state index in [1.165, 1.54) is 12.4 Å². The van der Waals surface area contributed by atoms with Crippen LogP contribution in [0.25, 0.3) is 0 Å². The summed E-state index contributed by atoms with van der Waals surface area (Å²) in [6, 6.07) is 0. The van der Waals surface area contributed by atoms with Gasteiger partial charge in [-0.3, -0.25) is 0 Å². The van der Waals surface area contributed by atoms with E-state index >= 15 is 0 Å². The fourth-order valence-electron chi connectivity index (χ4n) is 1.64. The number of nitrogens with zero attached hydrogens (tertiary/aromatic N) is 2. The lowest BCUT2D eigenvalue weighted by atomic mass is 10.0. The molecule has 0 aliphatic rings. The van der Waals surface area contributed by atoms with Gasteiger partial charge in [0, 0.05) is 11.3 Å². The van der Waals surface area contributed by atoms with Gasteiger partial charge < -0.3 is 10.4 Å². The average molecular weight is 269 g/mol. The number of carboxylic acids is 1. The molecule has 0 amide bonds. The van der Waals surface area contributed by atoms with E-state index in [4.69, 9.17) is 5.11 Å². The van der Waals surface area contributed by atoms with Crippen LogP contribution in [0.1, 0.15) is 37.2 Å². The van der Waals surface area contributed by atoms with Gasteiger partial charge in [0.05, 0.1) is 12.4 Å². The summed E-state index contributed by atoms with van der Waals surface area (Å²) in [6.07, 6.45) is 6.97. The van der Waals surface area contributed by atoms with E-state index in [-0.39, 0.29) is 10.4 Å². The maximum Gasteiger partial charge on any atom is 0.356 e. The zero-order valence-corrected chi connectivity index (χ0v) is 11.8. The molecule has 6 heteroatoms. The number of rotatable bonds is 7. The van der Waals surface area contributed by atoms with E-state index < -0.39 is 5.97 Å². The first-order chi connectivity index (χ1) is 8.56. The highest BCUT2D eigenvalue weighted by Gasteiger charge is 2.24. The van der Waals surface area contributed by atoms with Crippen molar-refractivity contribution in [3.8, 4) is 0 Å². The van der Waals surface area contributed by atoms with Gasteiger partial charge in [0.25, 0.3) is 0 Å². The van der Waals surface area contributed by atoms with Crippen molar-refractivity contribution >= 4 is 23.5 Å². The van der Waals surface area contributed by atoms with Crippen molar-refractivity contribution in [1.82, 2.24) is 9.97 Å². The number of nitrogens with one attached hydrogen (secondary N) is 1. The number of carbonyl (C=O) groups is 1. The Labute approximate surface area is 111 Å². The van der Waals surface area contributed by atoms with Crippen LogP contribution < -0.4 is 5.32 Å². The highest BCUT2D eigenvalue weighted by Crippen LogP contribution is 2.30. The van der Waals surface area contributed by atoms with Gasteiger partial charge >= 0.3 is 5.97 Å². The van der Waals surface area contributed by atoms with Crippen molar-refractivity contribution in [1.29, 1.82) is 0 Å². The summed E-state index contributed by atoms with van der Waals surface area (Å²) < 4.78 is 0.188. The predicted octanol–water partition coefficient (Wildman–Crippen LogP) is 2.51. The van der Waals surface area contributed by atoms with Crippen molar-refractivity contribution in [2.45, 2.75) is 31.4 Å². The van der Waals surface area contributed by atoms with Gasteiger partial charge in [-0.25, -0.2) is 14.8 Å². The molecule has 1 rings (SSSR count). The maximum atomic E-state index is 10.6. The summed E-state index contributed by atoms with van der Waals surface area (Å²) in [5.41, 5.74) is -0.0392. The summed E-state index contributed by atoms with van der Waals surface area (Å²) in [4.78, 5) is 18.5. The molecule has 1 aromatic rings. The van der Waals surface area contributed by atoms with Crippen LogP contribution in [0, 0.1) is 0 Å². The van der Waals surface area contributed by atoms with Gasteiger partial charge in [0.1, 0.15) is 5.82 Å². The molecule has 0 aliphatic carbocycles. The highest BCUT2D eigenvalue weighted by molar-refractivity contribution is 8.00. The van der Waals surface area contributed by atoms with Crippen molar-refractivity contribution in [3.05, 3.63) is 18.1 Å². The van der Waals surface area contributed by atoms with Crippen molar-refractivity contribution < 1.29 is 9.90 Å². The van der Waals surface area contributed by atoms with Gasteiger partial charge in [0.2, 0.25) is 0 Å². The quantitative estimate of drug-likeness (QED) is 0.792. The molecule has 0 unspecified atom stereocenters. The first kappa shape index (κ1) is 14.8. The molecule has 0 saturated carbocycles. The molecule has 0 bridgehead atoms. The smallest absolute Gasteiger partial charge is 0.356 e. The summed E-state index contributed by atoms with van der Waals surface area (Å²) in [5, 5.41) is 11.9. The molecule has 1 heterocycles. The van der Waals surface area contributed by atoms with Crippen molar-refractivity contribution in [2.24, 2.45) is 0 Å². The van der Waals surface area contributed by atoms with Crippen LogP contribution in [0.4, 0.5) is 5.82 Å². The number of anilines is 1. The van der Waals surface area contributed by atoms with E-state index in [0.29, 0.717) is 5.82 Å². The van der Waals surface area contributed by atoms with E-state index in [9.17, 15) is 4.79 Å². The molecule has 2 N–H and O–H groups in total. The second-order valence-corrected chi connectivity index (χ2v) is 5.31. The number of aromatic carboxylic acids is 1. The van der Waals surface area contributed by atoms with Gasteiger partial charge in [-0.05, 0) is 19.1 Å². The van der Waals surface area contributed by atoms with E-state index in [0.717, 1.165) is 19.4 Å². The lowest BCUT2D eigenvalue weighted by Gasteiger charge is -2.29. The molecule has 0 saturated heterocycles. The van der Waals surface area contributed by atoms with Crippen LogP contribution in [0.2, 0.25) is 0 Å². The zero-order chi connectivity index (χ0) is 13.6. The fraction of sp³-hybridized carbons (Fsp3) is 0.583. The summed E-state index contributed by atoms with van der Waals surface area (Å²) in [7, 11) is 0. The molecule has 5 nitrogen and oxygen atoms in total. The van der Waals surface area contributed by atoms with Crippen LogP contribution in [0.3, 0.4) is 0 Å². The van der Waals surface area contributed by atoms with Crippen LogP contribution in [-0.4, -0.2) is 38.6 Å². The molecule has 0 atom stereocenters. The molecule has 0 radical (unpaired) electrons. The zero-order valence-electron chi connectivity index (χ0n) is 10.9. The predicted molar refractivity (Wildman–Crippen MR) is 74.3 cm³/mol. The number of thioether (sulfide) groups is 1. The fourth-order valence-corrected chi connectivity index (χ4v) is 2.44. The van der Waals surface area contributed by atoms with Crippen LogP contribution in [0.15, 0.2) is 12.4 Å². The molecular weight excluding hydrogens is 250 g/mol. The van der Waals surface area contributed by atoms with Crippen LogP contribution in [-0.2, 0) is 0 Å². The van der Waals surface area contributed by atoms with Crippen LogP contribution in [0.5, 0.6) is 0 Å². The van der Waals surface area contributed by atoms with E-state index in [1.807, 2.05) is 11.8 Å². The molecule has 18 heavy (non-hydrogen) atoms. The topological polar surface area (TPSA) is 75.1 Å². The minimum atomic E-state index is -1.06. The average Bonchev–Trinajstić information content (AvgIpc) is 2.41. The second kappa shape index (κ2) is 6.58. The standard InChI is InChI=1S/C12H19N3O2S/c1-4-12(5-2,18-3)8-15-10-7-13-9(6-14-10)11(16)17/h6-7H,4-5,8H2,1-3H3,(H,14,15)(H,16,17). The number of hydrogen-bond donors (Lipinski definition) is 2. The Balaban J connectivity index is 2.65. The Kier molecular flexibility index (Phi) is 5.40. The van der Waals surface area contributed by atoms with Crippen molar-refractivity contribution in [2.75, 3.05) is 18.1 Å². The minimum absolute atomic E-state index is 0.0392. The largest absolute Gasteiger partial charge is 0.476 e. The van der Waals surface area contributed by atoms with Gasteiger partial charge in [-0.15, -0.1) is 0 Å². The number of hydrogen-bond acceptors (Lipinski definition) is 5. The SMILES string of the molecule is CCC(CC)(CNc1cnc(C(=O)O)cn1)SC. The lowest BCUT2D eigenvalue weighted by molar-refractivity contribution is 0.0690. The molecule has 0 fully saturated rings. The highest BCUT2D eigenvalue weighted by atomic mass is 32.2.